The lowest BCUT2D eigenvalue weighted by atomic mass is 9.92. The molecule has 1 aliphatic carbocycles. The topological polar surface area (TPSA) is 114 Å². The molecule has 8 heteroatoms. The average Bonchev–Trinajstić information content (AvgIpc) is 3.13. The van der Waals surface area contributed by atoms with E-state index in [1.807, 2.05) is 38.1 Å². The molecule has 1 atom stereocenters. The first kappa shape index (κ1) is 25.2. The molecule has 0 saturated carbocycles. The molecule has 0 radical (unpaired) electrons. The number of fused-ring (bicyclic) bond motifs is 3. The molecular weight excluding hydrogens is 436 g/mol. The standard InChI is InChI=1S/C26H32N2O6/c1-17(2)18(13-24(29)27-11-12-33-16-25(30)31)14-28-26(32)34-15-23-21-9-5-3-7-19(21)20-8-4-6-10-22(20)23/h3-10,17-18,23H,11-16H2,1-2H3,(H,27,29)(H,28,32)(H,30,31). The van der Waals surface area contributed by atoms with Crippen LogP contribution in [0.2, 0.25) is 0 Å². The number of carbonyl (C=O) groups is 3. The highest BCUT2D eigenvalue weighted by molar-refractivity contribution is 5.79. The zero-order chi connectivity index (χ0) is 24.5. The van der Waals surface area contributed by atoms with Crippen molar-refractivity contribution in [2.75, 3.05) is 32.9 Å². The van der Waals surface area contributed by atoms with Crippen LogP contribution < -0.4 is 10.6 Å². The molecule has 1 aliphatic rings. The van der Waals surface area contributed by atoms with E-state index in [4.69, 9.17) is 14.6 Å². The van der Waals surface area contributed by atoms with E-state index in [2.05, 4.69) is 34.9 Å². The van der Waals surface area contributed by atoms with Crippen molar-refractivity contribution in [1.29, 1.82) is 0 Å². The lowest BCUT2D eigenvalue weighted by Gasteiger charge is -2.21. The number of ether oxygens (including phenoxy) is 2. The molecule has 8 nitrogen and oxygen atoms in total. The van der Waals surface area contributed by atoms with Crippen LogP contribution in [0.5, 0.6) is 0 Å². The molecule has 3 rings (SSSR count). The van der Waals surface area contributed by atoms with E-state index in [0.29, 0.717) is 6.54 Å². The van der Waals surface area contributed by atoms with E-state index in [-0.39, 0.29) is 49.8 Å². The number of hydrogen-bond acceptors (Lipinski definition) is 5. The van der Waals surface area contributed by atoms with Gasteiger partial charge in [0.2, 0.25) is 5.91 Å². The van der Waals surface area contributed by atoms with Gasteiger partial charge in [0.1, 0.15) is 13.2 Å². The van der Waals surface area contributed by atoms with Crippen LogP contribution in [0.4, 0.5) is 4.79 Å². The van der Waals surface area contributed by atoms with Crippen LogP contribution in [0.3, 0.4) is 0 Å². The summed E-state index contributed by atoms with van der Waals surface area (Å²) in [6.45, 7) is 4.51. The van der Waals surface area contributed by atoms with Gasteiger partial charge < -0.3 is 25.2 Å². The maximum absolute atomic E-state index is 12.4. The quantitative estimate of drug-likeness (QED) is 0.412. The predicted molar refractivity (Wildman–Crippen MR) is 127 cm³/mol. The second kappa shape index (κ2) is 12.2. The predicted octanol–water partition coefficient (Wildman–Crippen LogP) is 3.40. The molecule has 0 spiro atoms. The summed E-state index contributed by atoms with van der Waals surface area (Å²) < 4.78 is 10.5. The Labute approximate surface area is 199 Å². The maximum atomic E-state index is 12.4. The molecule has 0 fully saturated rings. The number of alkyl carbamates (subject to hydrolysis) is 1. The van der Waals surface area contributed by atoms with Crippen molar-refractivity contribution in [2.24, 2.45) is 11.8 Å². The Morgan fingerprint density at radius 1 is 0.971 bits per heavy atom. The van der Waals surface area contributed by atoms with Gasteiger partial charge in [-0.1, -0.05) is 62.4 Å². The molecule has 2 aromatic carbocycles. The van der Waals surface area contributed by atoms with Gasteiger partial charge >= 0.3 is 12.1 Å². The third-order valence-corrected chi connectivity index (χ3v) is 6.04. The highest BCUT2D eigenvalue weighted by atomic mass is 16.5. The molecule has 0 aromatic heterocycles. The number of carboxylic acid groups (broad SMARTS) is 1. The number of nitrogens with one attached hydrogen (secondary N) is 2. The fourth-order valence-electron chi connectivity index (χ4n) is 4.14. The Bertz CT molecular complexity index is 961. The molecule has 0 aliphatic heterocycles. The largest absolute Gasteiger partial charge is 0.480 e. The Kier molecular flexibility index (Phi) is 9.04. The third kappa shape index (κ3) is 6.81. The lowest BCUT2D eigenvalue weighted by molar-refractivity contribution is -0.142. The van der Waals surface area contributed by atoms with E-state index >= 15 is 0 Å². The summed E-state index contributed by atoms with van der Waals surface area (Å²) in [5.74, 6) is -1.13. The normalized spacial score (nSPS) is 13.1. The van der Waals surface area contributed by atoms with E-state index in [1.54, 1.807) is 0 Å². The number of hydrogen-bond donors (Lipinski definition) is 3. The Morgan fingerprint density at radius 3 is 2.18 bits per heavy atom. The van der Waals surface area contributed by atoms with Crippen LogP contribution in [0, 0.1) is 11.8 Å². The van der Waals surface area contributed by atoms with Gasteiger partial charge in [0.25, 0.3) is 0 Å². The highest BCUT2D eigenvalue weighted by Gasteiger charge is 2.29. The van der Waals surface area contributed by atoms with Gasteiger partial charge in [-0.05, 0) is 34.1 Å². The monoisotopic (exact) mass is 468 g/mol. The van der Waals surface area contributed by atoms with Crippen molar-refractivity contribution < 1.29 is 29.0 Å². The minimum atomic E-state index is -1.05. The molecule has 2 aromatic rings. The number of benzene rings is 2. The van der Waals surface area contributed by atoms with E-state index in [1.165, 1.54) is 11.1 Å². The minimum Gasteiger partial charge on any atom is -0.480 e. The molecule has 1 unspecified atom stereocenters. The molecule has 0 bridgehead atoms. The Hall–Kier alpha value is -3.39. The van der Waals surface area contributed by atoms with Gasteiger partial charge in [-0.15, -0.1) is 0 Å². The third-order valence-electron chi connectivity index (χ3n) is 6.04. The van der Waals surface area contributed by atoms with E-state index < -0.39 is 18.7 Å². The summed E-state index contributed by atoms with van der Waals surface area (Å²) in [7, 11) is 0. The second-order valence-electron chi connectivity index (χ2n) is 8.71. The fourth-order valence-corrected chi connectivity index (χ4v) is 4.14. The summed E-state index contributed by atoms with van der Waals surface area (Å²) >= 11 is 0. The van der Waals surface area contributed by atoms with Crippen molar-refractivity contribution in [2.45, 2.75) is 26.2 Å². The second-order valence-corrected chi connectivity index (χ2v) is 8.71. The van der Waals surface area contributed by atoms with Crippen molar-refractivity contribution >= 4 is 18.0 Å². The van der Waals surface area contributed by atoms with Crippen molar-refractivity contribution in [3.63, 3.8) is 0 Å². The summed E-state index contributed by atoms with van der Waals surface area (Å²) in [6, 6.07) is 16.3. The molecule has 0 saturated heterocycles. The molecule has 182 valence electrons. The number of carboxylic acids is 1. The van der Waals surface area contributed by atoms with Crippen molar-refractivity contribution in [1.82, 2.24) is 10.6 Å². The molecule has 34 heavy (non-hydrogen) atoms. The van der Waals surface area contributed by atoms with Gasteiger partial charge in [-0.3, -0.25) is 4.79 Å². The minimum absolute atomic E-state index is 0.00632. The van der Waals surface area contributed by atoms with Crippen LogP contribution in [0.1, 0.15) is 37.3 Å². The smallest absolute Gasteiger partial charge is 0.407 e. The molecular formula is C26H32N2O6. The first-order chi connectivity index (χ1) is 16.4. The number of amides is 2. The van der Waals surface area contributed by atoms with Crippen molar-refractivity contribution in [3.05, 3.63) is 59.7 Å². The van der Waals surface area contributed by atoms with E-state index in [9.17, 15) is 14.4 Å². The van der Waals surface area contributed by atoms with Gasteiger partial charge in [-0.25, -0.2) is 9.59 Å². The molecule has 3 N–H and O–H groups in total. The average molecular weight is 469 g/mol. The van der Waals surface area contributed by atoms with Gasteiger partial charge in [0.15, 0.2) is 0 Å². The number of aliphatic carboxylic acids is 1. The lowest BCUT2D eigenvalue weighted by Crippen LogP contribution is -2.36. The summed E-state index contributed by atoms with van der Waals surface area (Å²) in [6.07, 6.45) is -0.268. The summed E-state index contributed by atoms with van der Waals surface area (Å²) in [5.41, 5.74) is 4.65. The van der Waals surface area contributed by atoms with Gasteiger partial charge in [0.05, 0.1) is 6.61 Å². The summed E-state index contributed by atoms with van der Waals surface area (Å²) in [4.78, 5) is 35.1. The van der Waals surface area contributed by atoms with E-state index in [0.717, 1.165) is 11.1 Å². The Morgan fingerprint density at radius 2 is 1.59 bits per heavy atom. The first-order valence-electron chi connectivity index (χ1n) is 11.5. The maximum Gasteiger partial charge on any atom is 0.407 e. The Balaban J connectivity index is 1.45. The zero-order valence-electron chi connectivity index (χ0n) is 19.6. The summed E-state index contributed by atoms with van der Waals surface area (Å²) in [5, 5.41) is 14.0. The fraction of sp³-hybridized carbons (Fsp3) is 0.423. The van der Waals surface area contributed by atoms with Crippen molar-refractivity contribution in [3.8, 4) is 11.1 Å². The molecule has 2 amide bonds. The van der Waals surface area contributed by atoms with Crippen LogP contribution in [-0.2, 0) is 19.1 Å². The highest BCUT2D eigenvalue weighted by Crippen LogP contribution is 2.44. The molecule has 0 heterocycles. The van der Waals surface area contributed by atoms with Crippen LogP contribution in [0.25, 0.3) is 11.1 Å². The number of rotatable bonds is 12. The number of carbonyl (C=O) groups excluding carboxylic acids is 2. The van der Waals surface area contributed by atoms with Gasteiger partial charge in [-0.2, -0.15) is 0 Å². The van der Waals surface area contributed by atoms with Crippen LogP contribution >= 0.6 is 0 Å². The zero-order valence-corrected chi connectivity index (χ0v) is 19.6. The van der Waals surface area contributed by atoms with Crippen LogP contribution in [0.15, 0.2) is 48.5 Å². The van der Waals surface area contributed by atoms with Crippen LogP contribution in [-0.4, -0.2) is 56.0 Å². The SMILES string of the molecule is CC(C)C(CNC(=O)OCC1c2ccccc2-c2ccccc21)CC(=O)NCCOCC(=O)O. The van der Waals surface area contributed by atoms with Gasteiger partial charge in [0, 0.05) is 25.4 Å². The first-order valence-corrected chi connectivity index (χ1v) is 11.5.